The highest BCUT2D eigenvalue weighted by Crippen LogP contribution is 2.43. The third kappa shape index (κ3) is 3.50. The molecule has 0 bridgehead atoms. The second kappa shape index (κ2) is 7.40. The highest BCUT2D eigenvalue weighted by molar-refractivity contribution is 7.92. The zero-order valence-corrected chi connectivity index (χ0v) is 17.8. The summed E-state index contributed by atoms with van der Waals surface area (Å²) in [5, 5.41) is -2.56. The highest BCUT2D eigenvalue weighted by atomic mass is 32.2. The van der Waals surface area contributed by atoms with E-state index >= 15 is 4.39 Å². The number of aryl methyl sites for hydroxylation is 1. The fourth-order valence-corrected chi connectivity index (χ4v) is 6.12. The van der Waals surface area contributed by atoms with Crippen LogP contribution in [-0.2, 0) is 16.0 Å². The summed E-state index contributed by atoms with van der Waals surface area (Å²) < 4.78 is 80.3. The first-order chi connectivity index (χ1) is 14.8. The molecule has 0 unspecified atom stereocenters. The van der Waals surface area contributed by atoms with E-state index in [1.165, 1.54) is 18.2 Å². The molecule has 10 heteroatoms. The Balaban J connectivity index is 1.55. The number of nitrogens with zero attached hydrogens (tertiary/aromatic N) is 1. The molecule has 1 fully saturated rings. The minimum absolute atomic E-state index is 0.112. The van der Waals surface area contributed by atoms with E-state index in [0.29, 0.717) is 11.6 Å². The molecular weight excluding hydrogens is 450 g/mol. The maximum Gasteiger partial charge on any atom is 0.416 e. The molecule has 0 N–H and O–H groups in total. The smallest absolute Gasteiger partial charge is 0.271 e. The fourth-order valence-electron chi connectivity index (χ4n) is 4.32. The maximum absolute atomic E-state index is 15.6. The molecule has 0 aromatic heterocycles. The Hall–Kier alpha value is -2.75. The molecule has 0 radical (unpaired) electrons. The Labute approximate surface area is 181 Å². The van der Waals surface area contributed by atoms with E-state index in [1.807, 2.05) is 0 Å². The lowest BCUT2D eigenvalue weighted by molar-refractivity contribution is -0.137. The first kappa shape index (κ1) is 22.4. The van der Waals surface area contributed by atoms with Gasteiger partial charge in [-0.15, -0.1) is 0 Å². The van der Waals surface area contributed by atoms with Crippen LogP contribution in [0.1, 0.15) is 57.5 Å². The summed E-state index contributed by atoms with van der Waals surface area (Å²) in [5.74, 6) is -1.63. The van der Waals surface area contributed by atoms with Crippen molar-refractivity contribution in [1.82, 2.24) is 4.90 Å². The summed E-state index contributed by atoms with van der Waals surface area (Å²) >= 11 is 0. The van der Waals surface area contributed by atoms with Gasteiger partial charge in [0.1, 0.15) is 0 Å². The van der Waals surface area contributed by atoms with Crippen molar-refractivity contribution in [3.63, 3.8) is 0 Å². The number of halogens is 4. The van der Waals surface area contributed by atoms with E-state index in [-0.39, 0.29) is 28.9 Å². The van der Waals surface area contributed by atoms with Crippen LogP contribution in [0.2, 0.25) is 0 Å². The van der Waals surface area contributed by atoms with E-state index < -0.39 is 57.3 Å². The number of rotatable bonds is 3. The molecule has 1 heterocycles. The van der Waals surface area contributed by atoms with Gasteiger partial charge in [-0.1, -0.05) is 12.1 Å². The van der Waals surface area contributed by atoms with Crippen molar-refractivity contribution in [2.45, 2.75) is 54.7 Å². The molecule has 5 nitrogen and oxygen atoms in total. The second-order valence-electron chi connectivity index (χ2n) is 8.17. The number of sulfone groups is 1. The molecule has 0 saturated heterocycles. The molecule has 1 aliphatic heterocycles. The molecule has 1 aliphatic carbocycles. The number of hydrogen-bond donors (Lipinski definition) is 0. The van der Waals surface area contributed by atoms with Gasteiger partial charge in [0.15, 0.2) is 0 Å². The van der Waals surface area contributed by atoms with Gasteiger partial charge in [-0.2, -0.15) is 13.2 Å². The topological polar surface area (TPSA) is 71.5 Å². The fraction of sp³-hybridized carbons (Fsp3) is 0.364. The van der Waals surface area contributed by atoms with Gasteiger partial charge in [0, 0.05) is 6.04 Å². The van der Waals surface area contributed by atoms with E-state index in [4.69, 9.17) is 0 Å². The number of carbonyl (C=O) groups excluding carboxylic acids is 2. The van der Waals surface area contributed by atoms with Crippen molar-refractivity contribution in [2.24, 2.45) is 0 Å². The molecule has 2 aromatic carbocycles. The standard InChI is InChI=1S/C22H19F4NO4S/c1-13-3-2-4-16(11-13)32(30,31)21(23)9-7-15(8-10-21)27-19(28)17-6-5-14(22(24,25)26)12-18(17)20(27)29/h2-6,11-12,15H,7-10H2,1H3. The van der Waals surface area contributed by atoms with Crippen molar-refractivity contribution in [2.75, 3.05) is 0 Å². The van der Waals surface area contributed by atoms with Gasteiger partial charge >= 0.3 is 6.18 Å². The lowest BCUT2D eigenvalue weighted by atomic mass is 9.92. The maximum atomic E-state index is 15.6. The van der Waals surface area contributed by atoms with Crippen molar-refractivity contribution in [1.29, 1.82) is 0 Å². The number of fused-ring (bicyclic) bond motifs is 1. The van der Waals surface area contributed by atoms with Crippen LogP contribution in [-0.4, -0.2) is 36.2 Å². The molecule has 1 saturated carbocycles. The molecule has 32 heavy (non-hydrogen) atoms. The molecule has 0 atom stereocenters. The van der Waals surface area contributed by atoms with Gasteiger partial charge in [0.2, 0.25) is 14.8 Å². The number of imide groups is 1. The van der Waals surface area contributed by atoms with Crippen LogP contribution in [0.3, 0.4) is 0 Å². The number of amides is 2. The van der Waals surface area contributed by atoms with Crippen LogP contribution in [0.5, 0.6) is 0 Å². The van der Waals surface area contributed by atoms with Gasteiger partial charge in [-0.05, 0) is 68.5 Å². The zero-order valence-electron chi connectivity index (χ0n) is 16.9. The van der Waals surface area contributed by atoms with Crippen LogP contribution >= 0.6 is 0 Å². The minimum Gasteiger partial charge on any atom is -0.271 e. The van der Waals surface area contributed by atoms with Crippen LogP contribution < -0.4 is 0 Å². The number of hydrogen-bond acceptors (Lipinski definition) is 4. The summed E-state index contributed by atoms with van der Waals surface area (Å²) in [6.07, 6.45) is -5.77. The Morgan fingerprint density at radius 1 is 0.969 bits per heavy atom. The van der Waals surface area contributed by atoms with Crippen LogP contribution in [0.15, 0.2) is 47.4 Å². The first-order valence-electron chi connectivity index (χ1n) is 9.94. The van der Waals surface area contributed by atoms with E-state index in [2.05, 4.69) is 0 Å². The summed E-state index contributed by atoms with van der Waals surface area (Å²) in [6.45, 7) is 1.69. The average Bonchev–Trinajstić information content (AvgIpc) is 2.98. The summed E-state index contributed by atoms with van der Waals surface area (Å²) in [7, 11) is -4.31. The Kier molecular flexibility index (Phi) is 5.19. The molecule has 2 amide bonds. The zero-order chi connectivity index (χ0) is 23.5. The quantitative estimate of drug-likeness (QED) is 0.483. The van der Waals surface area contributed by atoms with Crippen LogP contribution in [0.4, 0.5) is 17.6 Å². The van der Waals surface area contributed by atoms with Gasteiger partial charge in [-0.25, -0.2) is 12.8 Å². The Bertz CT molecular complexity index is 1210. The summed E-state index contributed by atoms with van der Waals surface area (Å²) in [6, 6.07) is 7.44. The van der Waals surface area contributed by atoms with Crippen LogP contribution in [0.25, 0.3) is 0 Å². The predicted molar refractivity (Wildman–Crippen MR) is 106 cm³/mol. The first-order valence-corrected chi connectivity index (χ1v) is 11.4. The summed E-state index contributed by atoms with van der Waals surface area (Å²) in [5.41, 5.74) is -0.885. The van der Waals surface area contributed by atoms with E-state index in [1.54, 1.807) is 13.0 Å². The van der Waals surface area contributed by atoms with Crippen molar-refractivity contribution >= 4 is 21.7 Å². The van der Waals surface area contributed by atoms with Crippen molar-refractivity contribution < 1.29 is 35.6 Å². The normalized spacial score (nSPS) is 24.0. The lowest BCUT2D eigenvalue weighted by Crippen LogP contribution is -2.47. The molecule has 2 aliphatic rings. The monoisotopic (exact) mass is 469 g/mol. The van der Waals surface area contributed by atoms with Gasteiger partial charge in [0.05, 0.1) is 21.6 Å². The third-order valence-corrected chi connectivity index (χ3v) is 8.34. The molecule has 170 valence electrons. The van der Waals surface area contributed by atoms with Crippen LogP contribution in [0, 0.1) is 6.92 Å². The minimum atomic E-state index is -4.67. The molecule has 0 spiro atoms. The molecule has 2 aromatic rings. The molecule has 4 rings (SSSR count). The third-order valence-electron chi connectivity index (χ3n) is 6.09. The van der Waals surface area contributed by atoms with Gasteiger partial charge in [-0.3, -0.25) is 14.5 Å². The second-order valence-corrected chi connectivity index (χ2v) is 10.4. The number of carbonyl (C=O) groups is 2. The van der Waals surface area contributed by atoms with Crippen molar-refractivity contribution in [3.8, 4) is 0 Å². The Morgan fingerprint density at radius 2 is 1.59 bits per heavy atom. The molecular formula is C22H19F4NO4S. The van der Waals surface area contributed by atoms with E-state index in [9.17, 15) is 31.2 Å². The van der Waals surface area contributed by atoms with Crippen molar-refractivity contribution in [3.05, 3.63) is 64.7 Å². The number of alkyl halides is 4. The lowest BCUT2D eigenvalue weighted by Gasteiger charge is -2.36. The van der Waals surface area contributed by atoms with E-state index in [0.717, 1.165) is 17.0 Å². The number of benzene rings is 2. The highest BCUT2D eigenvalue weighted by Gasteiger charge is 2.51. The largest absolute Gasteiger partial charge is 0.416 e. The van der Waals surface area contributed by atoms with Gasteiger partial charge < -0.3 is 0 Å². The average molecular weight is 469 g/mol. The predicted octanol–water partition coefficient (Wildman–Crippen LogP) is 4.69. The van der Waals surface area contributed by atoms with Gasteiger partial charge in [0.25, 0.3) is 11.8 Å². The summed E-state index contributed by atoms with van der Waals surface area (Å²) in [4.78, 5) is 26.1. The Morgan fingerprint density at radius 3 is 2.19 bits per heavy atom. The SMILES string of the molecule is Cc1cccc(S(=O)(=O)C2(F)CCC(N3C(=O)c4ccc(C(F)(F)F)cc4C3=O)CC2)c1.